The molecule has 0 saturated carbocycles. The molecule has 3 heterocycles. The van der Waals surface area contributed by atoms with Gasteiger partial charge in [0.05, 0.1) is 29.5 Å². The van der Waals surface area contributed by atoms with Crippen LogP contribution in [-0.4, -0.2) is 58.3 Å². The van der Waals surface area contributed by atoms with E-state index in [1.165, 1.54) is 11.3 Å². The zero-order valence-electron chi connectivity index (χ0n) is 17.9. The summed E-state index contributed by atoms with van der Waals surface area (Å²) in [6, 6.07) is 15.0. The molecule has 1 fully saturated rings. The molecule has 1 aliphatic rings. The molecule has 7 nitrogen and oxygen atoms in total. The minimum Gasteiger partial charge on any atom is -0.369 e. The van der Waals surface area contributed by atoms with Crippen LogP contribution in [0.1, 0.15) is 18.5 Å². The first-order valence-electron chi connectivity index (χ1n) is 10.7. The Balaban J connectivity index is 1.32. The van der Waals surface area contributed by atoms with E-state index in [1.807, 2.05) is 30.7 Å². The SMILES string of the molecule is CC(Nc1cnc2cc(-c3cn[nH]c3)ccc2n1)c1cccc(N2CCN(C)CC2)c1. The van der Waals surface area contributed by atoms with Crippen molar-refractivity contribution in [1.82, 2.24) is 25.1 Å². The molecule has 7 heteroatoms. The van der Waals surface area contributed by atoms with Crippen molar-refractivity contribution in [3.05, 3.63) is 66.6 Å². The summed E-state index contributed by atoms with van der Waals surface area (Å²) in [5.41, 5.74) is 6.39. The molecule has 4 aromatic rings. The fraction of sp³-hybridized carbons (Fsp3) is 0.292. The summed E-state index contributed by atoms with van der Waals surface area (Å²) in [6.45, 7) is 6.51. The van der Waals surface area contributed by atoms with Crippen LogP contribution in [0.5, 0.6) is 0 Å². The summed E-state index contributed by atoms with van der Waals surface area (Å²) in [5, 5.41) is 10.4. The maximum atomic E-state index is 4.77. The number of fused-ring (bicyclic) bond motifs is 1. The van der Waals surface area contributed by atoms with Gasteiger partial charge < -0.3 is 15.1 Å². The third-order valence-corrected chi connectivity index (χ3v) is 5.98. The van der Waals surface area contributed by atoms with Crippen molar-refractivity contribution in [2.45, 2.75) is 13.0 Å². The van der Waals surface area contributed by atoms with Crippen molar-refractivity contribution in [1.29, 1.82) is 0 Å². The van der Waals surface area contributed by atoms with Gasteiger partial charge in [-0.15, -0.1) is 0 Å². The quantitative estimate of drug-likeness (QED) is 0.516. The van der Waals surface area contributed by atoms with E-state index >= 15 is 0 Å². The van der Waals surface area contributed by atoms with E-state index in [4.69, 9.17) is 4.98 Å². The summed E-state index contributed by atoms with van der Waals surface area (Å²) in [7, 11) is 2.18. The standard InChI is InChI=1S/C24H27N7/c1-17(18-4-3-5-21(12-18)31-10-8-30(2)9-11-31)28-24-16-25-23-13-19(6-7-22(23)29-24)20-14-26-27-15-20/h3-7,12-17H,8-11H2,1-2H3,(H,26,27)(H,28,29). The summed E-state index contributed by atoms with van der Waals surface area (Å²) in [6.07, 6.45) is 5.49. The maximum Gasteiger partial charge on any atom is 0.145 e. The van der Waals surface area contributed by atoms with Gasteiger partial charge in [-0.3, -0.25) is 10.1 Å². The average Bonchev–Trinajstić information content (AvgIpc) is 3.34. The number of benzene rings is 2. The van der Waals surface area contributed by atoms with Gasteiger partial charge in [0.1, 0.15) is 5.82 Å². The van der Waals surface area contributed by atoms with Crippen LogP contribution in [0.2, 0.25) is 0 Å². The second kappa shape index (κ2) is 8.35. The number of anilines is 2. The van der Waals surface area contributed by atoms with E-state index in [-0.39, 0.29) is 6.04 Å². The number of H-pyrrole nitrogens is 1. The van der Waals surface area contributed by atoms with Crippen molar-refractivity contribution in [3.63, 3.8) is 0 Å². The number of hydrogen-bond acceptors (Lipinski definition) is 6. The Morgan fingerprint density at radius 2 is 1.84 bits per heavy atom. The van der Waals surface area contributed by atoms with Crippen LogP contribution >= 0.6 is 0 Å². The largest absolute Gasteiger partial charge is 0.369 e. The number of aromatic amines is 1. The second-order valence-electron chi connectivity index (χ2n) is 8.20. The van der Waals surface area contributed by atoms with Gasteiger partial charge in [0, 0.05) is 43.6 Å². The molecule has 5 rings (SSSR count). The topological polar surface area (TPSA) is 73.0 Å². The molecule has 2 N–H and O–H groups in total. The number of nitrogens with one attached hydrogen (secondary N) is 2. The summed E-state index contributed by atoms with van der Waals surface area (Å²) >= 11 is 0. The number of aromatic nitrogens is 4. The number of hydrogen-bond donors (Lipinski definition) is 2. The molecule has 31 heavy (non-hydrogen) atoms. The lowest BCUT2D eigenvalue weighted by Crippen LogP contribution is -2.44. The Labute approximate surface area is 182 Å². The summed E-state index contributed by atoms with van der Waals surface area (Å²) < 4.78 is 0. The minimum absolute atomic E-state index is 0.129. The predicted octanol–water partition coefficient (Wildman–Crippen LogP) is 3.94. The molecule has 0 bridgehead atoms. The highest BCUT2D eigenvalue weighted by molar-refractivity contribution is 5.81. The number of piperazine rings is 1. The molecule has 1 atom stereocenters. The van der Waals surface area contributed by atoms with Crippen LogP contribution < -0.4 is 10.2 Å². The number of likely N-dealkylation sites (N-methyl/N-ethyl adjacent to an activating group) is 1. The molecular formula is C24H27N7. The van der Waals surface area contributed by atoms with Gasteiger partial charge in [-0.2, -0.15) is 5.10 Å². The van der Waals surface area contributed by atoms with Gasteiger partial charge in [0.25, 0.3) is 0 Å². The van der Waals surface area contributed by atoms with E-state index in [2.05, 4.69) is 74.6 Å². The lowest BCUT2D eigenvalue weighted by atomic mass is 10.1. The van der Waals surface area contributed by atoms with Gasteiger partial charge in [-0.1, -0.05) is 18.2 Å². The molecule has 0 aliphatic carbocycles. The molecule has 158 valence electrons. The average molecular weight is 414 g/mol. The fourth-order valence-electron chi connectivity index (χ4n) is 4.03. The lowest BCUT2D eigenvalue weighted by molar-refractivity contribution is 0.313. The Kier molecular flexibility index (Phi) is 5.26. The first-order chi connectivity index (χ1) is 15.2. The van der Waals surface area contributed by atoms with Crippen molar-refractivity contribution < 1.29 is 0 Å². The third kappa shape index (κ3) is 4.22. The highest BCUT2D eigenvalue weighted by Gasteiger charge is 2.16. The molecule has 0 radical (unpaired) electrons. The molecule has 1 aliphatic heterocycles. The normalized spacial score (nSPS) is 15.9. The fourth-order valence-corrected chi connectivity index (χ4v) is 4.03. The van der Waals surface area contributed by atoms with Crippen molar-refractivity contribution >= 4 is 22.5 Å². The lowest BCUT2D eigenvalue weighted by Gasteiger charge is -2.34. The van der Waals surface area contributed by atoms with Crippen LogP contribution in [0, 0.1) is 0 Å². The highest BCUT2D eigenvalue weighted by atomic mass is 15.2. The molecule has 1 unspecified atom stereocenters. The summed E-state index contributed by atoms with van der Waals surface area (Å²) in [4.78, 5) is 14.2. The second-order valence-corrected chi connectivity index (χ2v) is 8.20. The summed E-state index contributed by atoms with van der Waals surface area (Å²) in [5.74, 6) is 0.779. The van der Waals surface area contributed by atoms with Crippen LogP contribution in [0.4, 0.5) is 11.5 Å². The van der Waals surface area contributed by atoms with Crippen LogP contribution in [0.15, 0.2) is 61.1 Å². The van der Waals surface area contributed by atoms with Crippen LogP contribution in [-0.2, 0) is 0 Å². The molecule has 0 amide bonds. The zero-order chi connectivity index (χ0) is 21.2. The van der Waals surface area contributed by atoms with E-state index in [1.54, 1.807) is 0 Å². The first-order valence-corrected chi connectivity index (χ1v) is 10.7. The van der Waals surface area contributed by atoms with Crippen LogP contribution in [0.3, 0.4) is 0 Å². The van der Waals surface area contributed by atoms with Gasteiger partial charge in [-0.25, -0.2) is 4.98 Å². The van der Waals surface area contributed by atoms with Gasteiger partial charge in [0.2, 0.25) is 0 Å². The zero-order valence-corrected chi connectivity index (χ0v) is 17.9. The molecule has 1 saturated heterocycles. The third-order valence-electron chi connectivity index (χ3n) is 5.98. The predicted molar refractivity (Wildman–Crippen MR) is 125 cm³/mol. The highest BCUT2D eigenvalue weighted by Crippen LogP contribution is 2.26. The van der Waals surface area contributed by atoms with Crippen molar-refractivity contribution in [2.75, 3.05) is 43.4 Å². The smallest absolute Gasteiger partial charge is 0.145 e. The van der Waals surface area contributed by atoms with E-state index < -0.39 is 0 Å². The van der Waals surface area contributed by atoms with Gasteiger partial charge >= 0.3 is 0 Å². The van der Waals surface area contributed by atoms with E-state index in [9.17, 15) is 0 Å². The molecule has 0 spiro atoms. The Morgan fingerprint density at radius 1 is 0.968 bits per heavy atom. The molecular weight excluding hydrogens is 386 g/mol. The van der Waals surface area contributed by atoms with E-state index in [0.717, 1.165) is 54.2 Å². The van der Waals surface area contributed by atoms with Crippen molar-refractivity contribution in [3.8, 4) is 11.1 Å². The van der Waals surface area contributed by atoms with Crippen molar-refractivity contribution in [2.24, 2.45) is 0 Å². The Bertz CT molecular complexity index is 1160. The first kappa shape index (κ1) is 19.5. The van der Waals surface area contributed by atoms with Gasteiger partial charge in [0.15, 0.2) is 0 Å². The van der Waals surface area contributed by atoms with Crippen LogP contribution in [0.25, 0.3) is 22.2 Å². The monoisotopic (exact) mass is 413 g/mol. The number of nitrogens with zero attached hydrogens (tertiary/aromatic N) is 5. The van der Waals surface area contributed by atoms with E-state index in [0.29, 0.717) is 0 Å². The molecule has 2 aromatic carbocycles. The molecule has 2 aromatic heterocycles. The van der Waals surface area contributed by atoms with Gasteiger partial charge in [-0.05, 0) is 49.4 Å². The Hall–Kier alpha value is -3.45. The minimum atomic E-state index is 0.129. The number of rotatable bonds is 5. The maximum absolute atomic E-state index is 4.77. The Morgan fingerprint density at radius 3 is 2.65 bits per heavy atom.